The minimum atomic E-state index is -0.379. The Bertz CT molecular complexity index is 522. The molecule has 1 heterocycles. The van der Waals surface area contributed by atoms with E-state index >= 15 is 0 Å². The average molecular weight is 205 g/mol. The molecule has 1 aromatic heterocycles. The maximum Gasteiger partial charge on any atom is 0.195 e. The summed E-state index contributed by atoms with van der Waals surface area (Å²) in [6.45, 7) is 2.05. The van der Waals surface area contributed by atoms with Crippen LogP contribution in [-0.2, 0) is 6.42 Å². The molecule has 2 rings (SSSR count). The van der Waals surface area contributed by atoms with Gasteiger partial charge in [0.25, 0.3) is 0 Å². The molecule has 14 heavy (non-hydrogen) atoms. The summed E-state index contributed by atoms with van der Waals surface area (Å²) < 4.78 is 14.1. The van der Waals surface area contributed by atoms with Crippen LogP contribution in [0, 0.1) is 16.5 Å². The fourth-order valence-electron chi connectivity index (χ4n) is 1.44. The molecule has 0 radical (unpaired) electrons. The molecule has 0 amide bonds. The van der Waals surface area contributed by atoms with E-state index in [1.807, 2.05) is 24.3 Å². The van der Waals surface area contributed by atoms with Gasteiger partial charge in [0, 0.05) is 10.1 Å². The van der Waals surface area contributed by atoms with E-state index in [9.17, 15) is 4.39 Å². The highest BCUT2D eigenvalue weighted by Gasteiger charge is 2.11. The van der Waals surface area contributed by atoms with Gasteiger partial charge in [-0.1, -0.05) is 19.1 Å². The monoisotopic (exact) mass is 205 g/mol. The highest BCUT2D eigenvalue weighted by atomic mass is 32.1. The van der Waals surface area contributed by atoms with Gasteiger partial charge in [0.1, 0.15) is 11.6 Å². The van der Waals surface area contributed by atoms with Crippen LogP contribution in [0.4, 0.5) is 4.39 Å². The van der Waals surface area contributed by atoms with E-state index in [4.69, 9.17) is 5.26 Å². The van der Waals surface area contributed by atoms with Crippen molar-refractivity contribution < 1.29 is 4.39 Å². The third kappa shape index (κ3) is 1.28. The zero-order chi connectivity index (χ0) is 10.1. The summed E-state index contributed by atoms with van der Waals surface area (Å²) in [6, 6.07) is 7.60. The van der Waals surface area contributed by atoms with Crippen LogP contribution < -0.4 is 0 Å². The van der Waals surface area contributed by atoms with Crippen molar-refractivity contribution in [3.05, 3.63) is 34.5 Å². The lowest BCUT2D eigenvalue weighted by atomic mass is 10.1. The van der Waals surface area contributed by atoms with E-state index in [-0.39, 0.29) is 10.7 Å². The van der Waals surface area contributed by atoms with E-state index in [2.05, 4.69) is 6.92 Å². The van der Waals surface area contributed by atoms with Crippen LogP contribution in [0.1, 0.15) is 18.1 Å². The number of aryl methyl sites for hydroxylation is 1. The second-order valence-corrected chi connectivity index (χ2v) is 4.05. The Morgan fingerprint density at radius 1 is 1.50 bits per heavy atom. The second-order valence-electron chi connectivity index (χ2n) is 3.05. The standard InChI is InChI=1S/C11H8FNS/c1-2-7-3-4-8-9(6-13)11(12)14-10(8)5-7/h3-5H,2H2,1H3. The van der Waals surface area contributed by atoms with Crippen molar-refractivity contribution in [1.29, 1.82) is 5.26 Å². The summed E-state index contributed by atoms with van der Waals surface area (Å²) in [5.41, 5.74) is 1.34. The van der Waals surface area contributed by atoms with Gasteiger partial charge in [0.05, 0.1) is 0 Å². The lowest BCUT2D eigenvalue weighted by molar-refractivity contribution is 0.655. The lowest BCUT2D eigenvalue weighted by Crippen LogP contribution is -1.78. The number of hydrogen-bond donors (Lipinski definition) is 0. The summed E-state index contributed by atoms with van der Waals surface area (Å²) in [5, 5.41) is 9.10. The predicted molar refractivity (Wildman–Crippen MR) is 55.9 cm³/mol. The number of hydrogen-bond acceptors (Lipinski definition) is 2. The fourth-order valence-corrected chi connectivity index (χ4v) is 2.38. The van der Waals surface area contributed by atoms with Gasteiger partial charge >= 0.3 is 0 Å². The Kier molecular flexibility index (Phi) is 2.22. The van der Waals surface area contributed by atoms with Crippen LogP contribution in [0.2, 0.25) is 0 Å². The van der Waals surface area contributed by atoms with Crippen LogP contribution in [0.15, 0.2) is 18.2 Å². The molecule has 0 saturated carbocycles. The quantitative estimate of drug-likeness (QED) is 0.699. The zero-order valence-electron chi connectivity index (χ0n) is 7.67. The molecule has 0 unspecified atom stereocenters. The SMILES string of the molecule is CCc1ccc2c(C#N)c(F)sc2c1. The second kappa shape index (κ2) is 3.39. The lowest BCUT2D eigenvalue weighted by Gasteiger charge is -1.95. The van der Waals surface area contributed by atoms with Gasteiger partial charge in [-0.05, 0) is 18.1 Å². The van der Waals surface area contributed by atoms with Gasteiger partial charge in [-0.3, -0.25) is 0 Å². The van der Waals surface area contributed by atoms with Crippen molar-refractivity contribution in [1.82, 2.24) is 0 Å². The van der Waals surface area contributed by atoms with Gasteiger partial charge in [-0.15, -0.1) is 11.3 Å². The molecule has 1 aromatic carbocycles. The van der Waals surface area contributed by atoms with Gasteiger partial charge in [0.2, 0.25) is 0 Å². The van der Waals surface area contributed by atoms with E-state index in [1.165, 1.54) is 5.56 Å². The van der Waals surface area contributed by atoms with Crippen molar-refractivity contribution in [3.8, 4) is 6.07 Å². The molecule has 0 fully saturated rings. The molecule has 2 aromatic rings. The van der Waals surface area contributed by atoms with Gasteiger partial charge < -0.3 is 0 Å². The van der Waals surface area contributed by atoms with E-state index in [1.54, 1.807) is 0 Å². The first kappa shape index (κ1) is 9.17. The Morgan fingerprint density at radius 2 is 2.29 bits per heavy atom. The molecule has 70 valence electrons. The van der Waals surface area contributed by atoms with Crippen molar-refractivity contribution in [3.63, 3.8) is 0 Å². The number of nitriles is 1. The topological polar surface area (TPSA) is 23.8 Å². The number of halogens is 1. The van der Waals surface area contributed by atoms with E-state index in [0.29, 0.717) is 0 Å². The third-order valence-corrected chi connectivity index (χ3v) is 3.17. The number of benzene rings is 1. The minimum Gasteiger partial charge on any atom is -0.194 e. The first-order valence-corrected chi connectivity index (χ1v) is 5.19. The summed E-state index contributed by atoms with van der Waals surface area (Å²) in [4.78, 5) is 0. The van der Waals surface area contributed by atoms with E-state index < -0.39 is 0 Å². The van der Waals surface area contributed by atoms with Crippen LogP contribution >= 0.6 is 11.3 Å². The number of rotatable bonds is 1. The van der Waals surface area contributed by atoms with E-state index in [0.717, 1.165) is 27.8 Å². The van der Waals surface area contributed by atoms with Crippen molar-refractivity contribution in [2.75, 3.05) is 0 Å². The van der Waals surface area contributed by atoms with Gasteiger partial charge in [0.15, 0.2) is 5.13 Å². The normalized spacial score (nSPS) is 10.4. The molecule has 0 bridgehead atoms. The molecule has 3 heteroatoms. The molecule has 1 nitrogen and oxygen atoms in total. The summed E-state index contributed by atoms with van der Waals surface area (Å²) in [6.07, 6.45) is 0.928. The summed E-state index contributed by atoms with van der Waals surface area (Å²) in [7, 11) is 0. The highest BCUT2D eigenvalue weighted by Crippen LogP contribution is 2.30. The highest BCUT2D eigenvalue weighted by molar-refractivity contribution is 7.17. The Labute approximate surface area is 85.4 Å². The maximum absolute atomic E-state index is 13.2. The van der Waals surface area contributed by atoms with Crippen LogP contribution in [0.3, 0.4) is 0 Å². The maximum atomic E-state index is 13.2. The van der Waals surface area contributed by atoms with Crippen LogP contribution in [0.5, 0.6) is 0 Å². The largest absolute Gasteiger partial charge is 0.195 e. The first-order valence-electron chi connectivity index (χ1n) is 4.37. The molecule has 0 N–H and O–H groups in total. The molecule has 0 aliphatic rings. The number of thiophene rings is 1. The van der Waals surface area contributed by atoms with Gasteiger partial charge in [-0.25, -0.2) is 0 Å². The zero-order valence-corrected chi connectivity index (χ0v) is 8.49. The molecular weight excluding hydrogens is 197 g/mol. The van der Waals surface area contributed by atoms with Crippen molar-refractivity contribution >= 4 is 21.4 Å². The van der Waals surface area contributed by atoms with Gasteiger partial charge in [-0.2, -0.15) is 9.65 Å². The predicted octanol–water partition coefficient (Wildman–Crippen LogP) is 3.47. The van der Waals surface area contributed by atoms with Crippen LogP contribution in [0.25, 0.3) is 10.1 Å². The minimum absolute atomic E-state index is 0.174. The van der Waals surface area contributed by atoms with Crippen molar-refractivity contribution in [2.24, 2.45) is 0 Å². The average Bonchev–Trinajstić information content (AvgIpc) is 2.51. The van der Waals surface area contributed by atoms with Crippen molar-refractivity contribution in [2.45, 2.75) is 13.3 Å². The Morgan fingerprint density at radius 3 is 2.93 bits per heavy atom. The summed E-state index contributed by atoms with van der Waals surface area (Å²) >= 11 is 1.04. The third-order valence-electron chi connectivity index (χ3n) is 2.23. The molecule has 0 aliphatic heterocycles. The molecule has 0 aliphatic carbocycles. The molecular formula is C11H8FNS. The molecule has 0 saturated heterocycles. The molecule has 0 spiro atoms. The Balaban J connectivity index is 2.76. The molecule has 0 atom stereocenters. The summed E-state index contributed by atoms with van der Waals surface area (Å²) in [5.74, 6) is 0. The number of fused-ring (bicyclic) bond motifs is 1. The Hall–Kier alpha value is -1.40. The fraction of sp³-hybridized carbons (Fsp3) is 0.182. The van der Waals surface area contributed by atoms with Crippen LogP contribution in [-0.4, -0.2) is 0 Å². The first-order chi connectivity index (χ1) is 6.76. The smallest absolute Gasteiger partial charge is 0.194 e. The number of nitrogens with zero attached hydrogens (tertiary/aromatic N) is 1.